The maximum atomic E-state index is 12.1. The van der Waals surface area contributed by atoms with Gasteiger partial charge in [-0.1, -0.05) is 12.5 Å². The fourth-order valence-corrected chi connectivity index (χ4v) is 3.17. The van der Waals surface area contributed by atoms with Crippen molar-refractivity contribution in [3.63, 3.8) is 0 Å². The molecule has 1 aromatic heterocycles. The zero-order valence-corrected chi connectivity index (χ0v) is 14.7. The lowest BCUT2D eigenvalue weighted by Crippen LogP contribution is -2.39. The van der Waals surface area contributed by atoms with Crippen LogP contribution >= 0.6 is 0 Å². The number of aryl methyl sites for hydroxylation is 1. The highest BCUT2D eigenvalue weighted by atomic mass is 16.4. The minimum absolute atomic E-state index is 0.215. The molecule has 1 aliphatic carbocycles. The molecule has 7 nitrogen and oxygen atoms in total. The minimum atomic E-state index is -0.720. The van der Waals surface area contributed by atoms with E-state index in [1.54, 1.807) is 31.3 Å². The zero-order chi connectivity index (χ0) is 18.5. The van der Waals surface area contributed by atoms with Gasteiger partial charge in [0.1, 0.15) is 5.76 Å². The van der Waals surface area contributed by atoms with Gasteiger partial charge in [0.2, 0.25) is 5.89 Å². The van der Waals surface area contributed by atoms with Crippen LogP contribution in [0.1, 0.15) is 31.4 Å². The van der Waals surface area contributed by atoms with Crippen LogP contribution in [0, 0.1) is 12.8 Å². The minimum Gasteiger partial charge on any atom is -0.441 e. The largest absolute Gasteiger partial charge is 0.441 e. The second-order valence-corrected chi connectivity index (χ2v) is 6.71. The van der Waals surface area contributed by atoms with E-state index in [0.717, 1.165) is 19.3 Å². The first kappa shape index (κ1) is 18.1. The number of benzene rings is 1. The highest BCUT2D eigenvalue weighted by molar-refractivity contribution is 6.39. The number of amides is 2. The maximum Gasteiger partial charge on any atom is 0.313 e. The van der Waals surface area contributed by atoms with Crippen molar-refractivity contribution >= 4 is 17.5 Å². The third-order valence-electron chi connectivity index (χ3n) is 4.50. The van der Waals surface area contributed by atoms with Crippen molar-refractivity contribution in [3.05, 3.63) is 36.2 Å². The van der Waals surface area contributed by atoms with Gasteiger partial charge in [-0.3, -0.25) is 9.59 Å². The Bertz CT molecular complexity index is 787. The normalized spacial score (nSPS) is 19.8. The first-order chi connectivity index (χ1) is 12.5. The predicted molar refractivity (Wildman–Crippen MR) is 96.3 cm³/mol. The molecule has 0 saturated heterocycles. The fraction of sp³-hybridized carbons (Fsp3) is 0.421. The molecule has 0 radical (unpaired) electrons. The summed E-state index contributed by atoms with van der Waals surface area (Å²) in [5, 5.41) is 14.9. The van der Waals surface area contributed by atoms with Crippen LogP contribution in [-0.2, 0) is 9.59 Å². The molecule has 1 saturated carbocycles. The van der Waals surface area contributed by atoms with Crippen molar-refractivity contribution in [3.8, 4) is 11.5 Å². The van der Waals surface area contributed by atoms with Gasteiger partial charge < -0.3 is 20.2 Å². The summed E-state index contributed by atoms with van der Waals surface area (Å²) in [4.78, 5) is 28.3. The number of aliphatic hydroxyl groups excluding tert-OH is 1. The summed E-state index contributed by atoms with van der Waals surface area (Å²) in [6, 6.07) is 6.97. The third kappa shape index (κ3) is 4.70. The first-order valence-corrected chi connectivity index (χ1v) is 8.81. The Labute approximate surface area is 151 Å². The standard InChI is InChI=1S/C19H23N3O4/c1-12-10-21-19(26-12)14-5-3-6-15(9-14)22-18(25)17(24)20-11-13-4-2-7-16(23)8-13/h3,5-6,9-10,13,16,23H,2,4,7-8,11H2,1H3,(H,20,24)(H,22,25). The van der Waals surface area contributed by atoms with Crippen molar-refractivity contribution in [2.75, 3.05) is 11.9 Å². The lowest BCUT2D eigenvalue weighted by molar-refractivity contribution is -0.136. The maximum absolute atomic E-state index is 12.1. The number of aromatic nitrogens is 1. The van der Waals surface area contributed by atoms with Crippen molar-refractivity contribution in [2.24, 2.45) is 5.92 Å². The molecule has 2 unspecified atom stereocenters. The smallest absolute Gasteiger partial charge is 0.313 e. The summed E-state index contributed by atoms with van der Waals surface area (Å²) in [6.07, 6.45) is 4.69. The van der Waals surface area contributed by atoms with E-state index in [-0.39, 0.29) is 12.0 Å². The number of anilines is 1. The number of nitrogens with one attached hydrogen (secondary N) is 2. The van der Waals surface area contributed by atoms with Gasteiger partial charge in [-0.25, -0.2) is 4.98 Å². The molecular formula is C19H23N3O4. The molecule has 1 heterocycles. The fourth-order valence-electron chi connectivity index (χ4n) is 3.17. The SMILES string of the molecule is Cc1cnc(-c2cccc(NC(=O)C(=O)NCC3CCCC(O)C3)c2)o1. The average molecular weight is 357 g/mol. The van der Waals surface area contributed by atoms with Crippen molar-refractivity contribution < 1.29 is 19.1 Å². The van der Waals surface area contributed by atoms with Gasteiger partial charge in [-0.05, 0) is 50.3 Å². The molecule has 3 rings (SSSR count). The van der Waals surface area contributed by atoms with E-state index in [0.29, 0.717) is 35.9 Å². The molecule has 1 aliphatic rings. The third-order valence-corrected chi connectivity index (χ3v) is 4.50. The lowest BCUT2D eigenvalue weighted by Gasteiger charge is -2.25. The summed E-state index contributed by atoms with van der Waals surface area (Å²) in [5.41, 5.74) is 1.21. The zero-order valence-electron chi connectivity index (χ0n) is 14.7. The number of rotatable bonds is 4. The summed E-state index contributed by atoms with van der Waals surface area (Å²) in [5.74, 6) is -0.0304. The van der Waals surface area contributed by atoms with E-state index in [2.05, 4.69) is 15.6 Å². The summed E-state index contributed by atoms with van der Waals surface area (Å²) in [6.45, 7) is 2.21. The van der Waals surface area contributed by atoms with Gasteiger partial charge >= 0.3 is 11.8 Å². The number of hydrogen-bond donors (Lipinski definition) is 3. The monoisotopic (exact) mass is 357 g/mol. The highest BCUT2D eigenvalue weighted by Gasteiger charge is 2.22. The van der Waals surface area contributed by atoms with Crippen LogP contribution in [0.3, 0.4) is 0 Å². The predicted octanol–water partition coefficient (Wildman–Crippen LogP) is 2.26. The van der Waals surface area contributed by atoms with Crippen molar-refractivity contribution in [1.82, 2.24) is 10.3 Å². The molecular weight excluding hydrogens is 334 g/mol. The van der Waals surface area contributed by atoms with Crippen LogP contribution < -0.4 is 10.6 Å². The second-order valence-electron chi connectivity index (χ2n) is 6.71. The molecule has 0 aliphatic heterocycles. The molecule has 1 fully saturated rings. The number of aliphatic hydroxyl groups is 1. The van der Waals surface area contributed by atoms with Gasteiger partial charge in [-0.2, -0.15) is 0 Å². The van der Waals surface area contributed by atoms with Crippen LogP contribution in [0.2, 0.25) is 0 Å². The van der Waals surface area contributed by atoms with Gasteiger partial charge in [-0.15, -0.1) is 0 Å². The lowest BCUT2D eigenvalue weighted by atomic mass is 9.87. The molecule has 2 atom stereocenters. The number of carbonyl (C=O) groups is 2. The molecule has 138 valence electrons. The molecule has 0 spiro atoms. The Kier molecular flexibility index (Phi) is 5.68. The molecule has 0 bridgehead atoms. The Hall–Kier alpha value is -2.67. The Balaban J connectivity index is 1.54. The van der Waals surface area contributed by atoms with Crippen LogP contribution in [0.25, 0.3) is 11.5 Å². The van der Waals surface area contributed by atoms with E-state index < -0.39 is 11.8 Å². The molecule has 7 heteroatoms. The highest BCUT2D eigenvalue weighted by Crippen LogP contribution is 2.24. The van der Waals surface area contributed by atoms with Crippen molar-refractivity contribution in [2.45, 2.75) is 38.7 Å². The quantitative estimate of drug-likeness (QED) is 0.728. The van der Waals surface area contributed by atoms with Gasteiger partial charge in [0, 0.05) is 17.8 Å². The van der Waals surface area contributed by atoms with E-state index in [1.807, 2.05) is 6.07 Å². The van der Waals surface area contributed by atoms with E-state index in [1.165, 1.54) is 0 Å². The summed E-state index contributed by atoms with van der Waals surface area (Å²) >= 11 is 0. The number of hydrogen-bond acceptors (Lipinski definition) is 5. The first-order valence-electron chi connectivity index (χ1n) is 8.81. The van der Waals surface area contributed by atoms with Gasteiger partial charge in [0.25, 0.3) is 0 Å². The van der Waals surface area contributed by atoms with Crippen molar-refractivity contribution in [1.29, 1.82) is 0 Å². The molecule has 1 aromatic carbocycles. The van der Waals surface area contributed by atoms with E-state index >= 15 is 0 Å². The van der Waals surface area contributed by atoms with Crippen LogP contribution in [0.5, 0.6) is 0 Å². The summed E-state index contributed by atoms with van der Waals surface area (Å²) in [7, 11) is 0. The Morgan fingerprint density at radius 2 is 2.15 bits per heavy atom. The van der Waals surface area contributed by atoms with Crippen LogP contribution in [-0.4, -0.2) is 34.6 Å². The molecule has 2 aromatic rings. The Morgan fingerprint density at radius 3 is 2.88 bits per heavy atom. The van der Waals surface area contributed by atoms with Crippen LogP contribution in [0.4, 0.5) is 5.69 Å². The van der Waals surface area contributed by atoms with Crippen LogP contribution in [0.15, 0.2) is 34.9 Å². The molecule has 3 N–H and O–H groups in total. The molecule has 2 amide bonds. The topological polar surface area (TPSA) is 104 Å². The van der Waals surface area contributed by atoms with E-state index in [4.69, 9.17) is 4.42 Å². The second kappa shape index (κ2) is 8.14. The van der Waals surface area contributed by atoms with E-state index in [9.17, 15) is 14.7 Å². The van der Waals surface area contributed by atoms with Gasteiger partial charge in [0.05, 0.1) is 12.3 Å². The van der Waals surface area contributed by atoms with Gasteiger partial charge in [0.15, 0.2) is 0 Å². The summed E-state index contributed by atoms with van der Waals surface area (Å²) < 4.78 is 5.47. The average Bonchev–Trinajstić information content (AvgIpc) is 3.06. The molecule has 26 heavy (non-hydrogen) atoms. The number of nitrogens with zero attached hydrogens (tertiary/aromatic N) is 1. The number of oxazole rings is 1. The Morgan fingerprint density at radius 1 is 1.31 bits per heavy atom. The number of carbonyl (C=O) groups excluding carboxylic acids is 2.